The summed E-state index contributed by atoms with van der Waals surface area (Å²) in [5.74, 6) is 0.780. The molecule has 2 N–H and O–H groups in total. The molecule has 4 rings (SSSR count). The molecule has 2 fully saturated rings. The zero-order valence-electron chi connectivity index (χ0n) is 15.1. The van der Waals surface area contributed by atoms with Gasteiger partial charge in [0.25, 0.3) is 0 Å². The van der Waals surface area contributed by atoms with Gasteiger partial charge in [-0.05, 0) is 49.8 Å². The maximum atomic E-state index is 12.4. The quantitative estimate of drug-likeness (QED) is 0.777. The van der Waals surface area contributed by atoms with E-state index in [1.807, 2.05) is 42.6 Å². The molecule has 26 heavy (non-hydrogen) atoms. The summed E-state index contributed by atoms with van der Waals surface area (Å²) in [7, 11) is 1.46. The van der Waals surface area contributed by atoms with Crippen molar-refractivity contribution in [1.82, 2.24) is 4.98 Å². The first-order valence-corrected chi connectivity index (χ1v) is 9.33. The Morgan fingerprint density at radius 1 is 1.08 bits per heavy atom. The van der Waals surface area contributed by atoms with Gasteiger partial charge in [0.05, 0.1) is 24.4 Å². The third-order valence-corrected chi connectivity index (χ3v) is 5.68. The second kappa shape index (κ2) is 6.98. The largest absolute Gasteiger partial charge is 0.468 e. The minimum Gasteiger partial charge on any atom is -0.468 e. The normalized spacial score (nSPS) is 24.9. The van der Waals surface area contributed by atoms with Crippen LogP contribution in [0.1, 0.15) is 37.7 Å². The molecule has 0 aliphatic heterocycles. The van der Waals surface area contributed by atoms with Crippen molar-refractivity contribution in [1.29, 1.82) is 0 Å². The van der Waals surface area contributed by atoms with Crippen molar-refractivity contribution >= 4 is 17.5 Å². The molecule has 0 atom stereocenters. The lowest BCUT2D eigenvalue weighted by atomic mass is 9.61. The van der Waals surface area contributed by atoms with Crippen molar-refractivity contribution in [3.8, 4) is 0 Å². The molecule has 1 aromatic heterocycles. The number of hydrogen-bond acceptors (Lipinski definition) is 5. The number of benzene rings is 1. The fourth-order valence-corrected chi connectivity index (χ4v) is 3.92. The summed E-state index contributed by atoms with van der Waals surface area (Å²) in [4.78, 5) is 16.9. The van der Waals surface area contributed by atoms with Gasteiger partial charge in [0, 0.05) is 12.1 Å². The molecule has 5 heteroatoms. The highest BCUT2D eigenvalue weighted by Crippen LogP contribution is 2.46. The van der Waals surface area contributed by atoms with E-state index in [1.54, 1.807) is 0 Å². The van der Waals surface area contributed by atoms with E-state index in [2.05, 4.69) is 21.7 Å². The van der Waals surface area contributed by atoms with Crippen LogP contribution in [-0.2, 0) is 14.9 Å². The smallest absolute Gasteiger partial charge is 0.316 e. The van der Waals surface area contributed by atoms with Gasteiger partial charge in [0.1, 0.15) is 5.82 Å². The minimum absolute atomic E-state index is 0.153. The van der Waals surface area contributed by atoms with E-state index < -0.39 is 5.41 Å². The molecule has 0 spiro atoms. The molecule has 5 nitrogen and oxygen atoms in total. The molecule has 2 saturated carbocycles. The SMILES string of the molecule is COC(=O)C1(c2ccccc2)CC(Nc2ccc(NC3CCC3)nc2)C1. The van der Waals surface area contributed by atoms with Gasteiger partial charge in [0.15, 0.2) is 0 Å². The van der Waals surface area contributed by atoms with Crippen LogP contribution >= 0.6 is 0 Å². The summed E-state index contributed by atoms with van der Waals surface area (Å²) in [6.07, 6.45) is 7.10. The van der Waals surface area contributed by atoms with E-state index in [1.165, 1.54) is 26.4 Å². The molecule has 0 bridgehead atoms. The molecule has 2 aromatic rings. The average Bonchev–Trinajstić information content (AvgIpc) is 2.62. The third-order valence-electron chi connectivity index (χ3n) is 5.68. The predicted octanol–water partition coefficient (Wildman–Crippen LogP) is 3.73. The molecule has 0 amide bonds. The second-order valence-corrected chi connectivity index (χ2v) is 7.39. The Hall–Kier alpha value is -2.56. The van der Waals surface area contributed by atoms with Gasteiger partial charge in [-0.15, -0.1) is 0 Å². The summed E-state index contributed by atoms with van der Waals surface area (Å²) in [6.45, 7) is 0. The highest BCUT2D eigenvalue weighted by Gasteiger charge is 2.52. The minimum atomic E-state index is -0.535. The van der Waals surface area contributed by atoms with Crippen LogP contribution in [0.25, 0.3) is 0 Å². The predicted molar refractivity (Wildman–Crippen MR) is 102 cm³/mol. The van der Waals surface area contributed by atoms with Crippen LogP contribution in [0.4, 0.5) is 11.5 Å². The highest BCUT2D eigenvalue weighted by atomic mass is 16.5. The number of carbonyl (C=O) groups excluding carboxylic acids is 1. The van der Waals surface area contributed by atoms with Crippen molar-refractivity contribution in [2.45, 2.75) is 49.6 Å². The molecule has 136 valence electrons. The monoisotopic (exact) mass is 351 g/mol. The van der Waals surface area contributed by atoms with E-state index in [4.69, 9.17) is 4.74 Å². The van der Waals surface area contributed by atoms with Crippen LogP contribution in [0.15, 0.2) is 48.7 Å². The van der Waals surface area contributed by atoms with Crippen LogP contribution in [0.3, 0.4) is 0 Å². The zero-order chi connectivity index (χ0) is 18.0. The molecule has 0 radical (unpaired) electrons. The van der Waals surface area contributed by atoms with Gasteiger partial charge in [-0.25, -0.2) is 4.98 Å². The lowest BCUT2D eigenvalue weighted by molar-refractivity contribution is -0.151. The summed E-state index contributed by atoms with van der Waals surface area (Å²) in [5.41, 5.74) is 1.48. The van der Waals surface area contributed by atoms with E-state index in [0.717, 1.165) is 29.9 Å². The van der Waals surface area contributed by atoms with Gasteiger partial charge in [-0.1, -0.05) is 30.3 Å². The fraction of sp³-hybridized carbons (Fsp3) is 0.429. The number of ether oxygens (including phenoxy) is 1. The van der Waals surface area contributed by atoms with E-state index in [0.29, 0.717) is 6.04 Å². The van der Waals surface area contributed by atoms with E-state index in [9.17, 15) is 4.79 Å². The fourth-order valence-electron chi connectivity index (χ4n) is 3.92. The van der Waals surface area contributed by atoms with Crippen molar-refractivity contribution in [2.24, 2.45) is 0 Å². The summed E-state index contributed by atoms with van der Waals surface area (Å²) >= 11 is 0. The third kappa shape index (κ3) is 3.14. The van der Waals surface area contributed by atoms with Crippen molar-refractivity contribution in [3.05, 3.63) is 54.2 Å². The van der Waals surface area contributed by atoms with Gasteiger partial charge in [0.2, 0.25) is 0 Å². The van der Waals surface area contributed by atoms with Crippen LogP contribution in [-0.4, -0.2) is 30.1 Å². The summed E-state index contributed by atoms with van der Waals surface area (Å²) < 4.78 is 5.09. The topological polar surface area (TPSA) is 63.2 Å². The maximum Gasteiger partial charge on any atom is 0.316 e. The molecule has 1 aromatic carbocycles. The maximum absolute atomic E-state index is 12.4. The van der Waals surface area contributed by atoms with Gasteiger partial charge in [-0.3, -0.25) is 4.79 Å². The Morgan fingerprint density at radius 2 is 1.85 bits per heavy atom. The number of esters is 1. The lowest BCUT2D eigenvalue weighted by Crippen LogP contribution is -2.53. The molecule has 0 saturated heterocycles. The van der Waals surface area contributed by atoms with E-state index in [-0.39, 0.29) is 12.0 Å². The Morgan fingerprint density at radius 3 is 2.42 bits per heavy atom. The van der Waals surface area contributed by atoms with Gasteiger partial charge < -0.3 is 15.4 Å². The standard InChI is InChI=1S/C21H25N3O2/c1-26-20(25)21(15-6-3-2-4-7-15)12-18(13-21)23-17-10-11-19(22-14-17)24-16-8-5-9-16/h2-4,6-7,10-11,14,16,18,23H,5,8-9,12-13H2,1H3,(H,22,24). The molecule has 2 aliphatic carbocycles. The first-order valence-electron chi connectivity index (χ1n) is 9.33. The molecule has 0 unspecified atom stereocenters. The zero-order valence-corrected chi connectivity index (χ0v) is 15.1. The first kappa shape index (κ1) is 16.9. The Balaban J connectivity index is 1.39. The van der Waals surface area contributed by atoms with Gasteiger partial charge in [-0.2, -0.15) is 0 Å². The number of aromatic nitrogens is 1. The number of nitrogens with one attached hydrogen (secondary N) is 2. The summed E-state index contributed by atoms with van der Waals surface area (Å²) in [6, 6.07) is 14.8. The van der Waals surface area contributed by atoms with Crippen LogP contribution in [0.2, 0.25) is 0 Å². The molecule has 2 aliphatic rings. The van der Waals surface area contributed by atoms with E-state index >= 15 is 0 Å². The lowest BCUT2D eigenvalue weighted by Gasteiger charge is -2.46. The number of anilines is 2. The van der Waals surface area contributed by atoms with Gasteiger partial charge >= 0.3 is 5.97 Å². The molecule has 1 heterocycles. The van der Waals surface area contributed by atoms with Crippen molar-refractivity contribution in [3.63, 3.8) is 0 Å². The van der Waals surface area contributed by atoms with Crippen molar-refractivity contribution in [2.75, 3.05) is 17.7 Å². The van der Waals surface area contributed by atoms with Crippen LogP contribution in [0, 0.1) is 0 Å². The Bertz CT molecular complexity index is 751. The number of hydrogen-bond donors (Lipinski definition) is 2. The first-order chi connectivity index (χ1) is 12.7. The van der Waals surface area contributed by atoms with Crippen LogP contribution < -0.4 is 10.6 Å². The number of rotatable bonds is 6. The van der Waals surface area contributed by atoms with Crippen molar-refractivity contribution < 1.29 is 9.53 Å². The average molecular weight is 351 g/mol. The molecular weight excluding hydrogens is 326 g/mol. The number of methoxy groups -OCH3 is 1. The number of nitrogens with zero attached hydrogens (tertiary/aromatic N) is 1. The number of pyridine rings is 1. The Kier molecular flexibility index (Phi) is 4.53. The Labute approximate surface area is 154 Å². The molecular formula is C21H25N3O2. The van der Waals surface area contributed by atoms with Crippen LogP contribution in [0.5, 0.6) is 0 Å². The number of carbonyl (C=O) groups is 1. The highest BCUT2D eigenvalue weighted by molar-refractivity contribution is 5.85. The summed E-state index contributed by atoms with van der Waals surface area (Å²) in [5, 5.41) is 6.94. The second-order valence-electron chi connectivity index (χ2n) is 7.39.